The highest BCUT2D eigenvalue weighted by molar-refractivity contribution is 5.60. The van der Waals surface area contributed by atoms with Crippen LogP contribution >= 0.6 is 0 Å². The zero-order valence-corrected chi connectivity index (χ0v) is 14.4. The molecule has 1 aliphatic rings. The third kappa shape index (κ3) is 4.62. The number of piperidine rings is 1. The van der Waals surface area contributed by atoms with E-state index in [0.29, 0.717) is 0 Å². The van der Waals surface area contributed by atoms with Gasteiger partial charge in [0, 0.05) is 33.3 Å². The molecule has 124 valence electrons. The second-order valence-corrected chi connectivity index (χ2v) is 6.53. The molecule has 0 aliphatic carbocycles. The van der Waals surface area contributed by atoms with Gasteiger partial charge in [-0.1, -0.05) is 19.9 Å². The van der Waals surface area contributed by atoms with Crippen molar-refractivity contribution < 1.29 is 9.47 Å². The lowest BCUT2D eigenvalue weighted by atomic mass is 9.91. The van der Waals surface area contributed by atoms with Crippen molar-refractivity contribution in [3.63, 3.8) is 0 Å². The van der Waals surface area contributed by atoms with Gasteiger partial charge in [-0.3, -0.25) is 0 Å². The summed E-state index contributed by atoms with van der Waals surface area (Å²) >= 11 is 0. The van der Waals surface area contributed by atoms with Crippen LogP contribution < -0.4 is 15.0 Å². The number of benzene rings is 1. The Kier molecular flexibility index (Phi) is 6.52. The number of anilines is 1. The lowest BCUT2D eigenvalue weighted by molar-refractivity contribution is 0.199. The quantitative estimate of drug-likeness (QED) is 0.785. The SMILES string of the molecule is COCCNCc1ccc(N2CC(C)CC(C)C2)c(OC)c1. The van der Waals surface area contributed by atoms with Gasteiger partial charge in [-0.15, -0.1) is 0 Å². The Morgan fingerprint density at radius 3 is 2.55 bits per heavy atom. The first-order valence-corrected chi connectivity index (χ1v) is 8.25. The molecule has 0 spiro atoms. The first-order chi connectivity index (χ1) is 10.6. The van der Waals surface area contributed by atoms with Gasteiger partial charge in [0.1, 0.15) is 5.75 Å². The molecule has 0 amide bonds. The van der Waals surface area contributed by atoms with E-state index in [1.165, 1.54) is 17.7 Å². The number of rotatable bonds is 7. The number of ether oxygens (including phenoxy) is 2. The van der Waals surface area contributed by atoms with Crippen LogP contribution in [0.3, 0.4) is 0 Å². The minimum Gasteiger partial charge on any atom is -0.495 e. The Bertz CT molecular complexity index is 454. The van der Waals surface area contributed by atoms with Crippen molar-refractivity contribution in [1.29, 1.82) is 0 Å². The molecule has 2 unspecified atom stereocenters. The van der Waals surface area contributed by atoms with Gasteiger partial charge in [-0.25, -0.2) is 0 Å². The average molecular weight is 306 g/mol. The third-order valence-electron chi connectivity index (χ3n) is 4.27. The fourth-order valence-corrected chi connectivity index (χ4v) is 3.36. The van der Waals surface area contributed by atoms with Gasteiger partial charge in [0.15, 0.2) is 0 Å². The Morgan fingerprint density at radius 1 is 1.18 bits per heavy atom. The minimum atomic E-state index is 0.735. The largest absolute Gasteiger partial charge is 0.495 e. The number of nitrogens with zero attached hydrogens (tertiary/aromatic N) is 1. The van der Waals surface area contributed by atoms with Crippen LogP contribution in [0, 0.1) is 11.8 Å². The van der Waals surface area contributed by atoms with Crippen molar-refractivity contribution in [2.24, 2.45) is 11.8 Å². The van der Waals surface area contributed by atoms with Crippen molar-refractivity contribution >= 4 is 5.69 Å². The maximum Gasteiger partial charge on any atom is 0.142 e. The molecule has 2 rings (SSSR count). The molecule has 0 bridgehead atoms. The number of methoxy groups -OCH3 is 2. The van der Waals surface area contributed by atoms with E-state index in [1.807, 2.05) is 0 Å². The normalized spacial score (nSPS) is 21.9. The summed E-state index contributed by atoms with van der Waals surface area (Å²) in [6, 6.07) is 6.55. The van der Waals surface area contributed by atoms with Gasteiger partial charge in [0.05, 0.1) is 19.4 Å². The zero-order valence-electron chi connectivity index (χ0n) is 14.4. The van der Waals surface area contributed by atoms with Crippen LogP contribution in [0.4, 0.5) is 5.69 Å². The van der Waals surface area contributed by atoms with Crippen molar-refractivity contribution in [3.05, 3.63) is 23.8 Å². The van der Waals surface area contributed by atoms with Gasteiger partial charge in [0.25, 0.3) is 0 Å². The lowest BCUT2D eigenvalue weighted by Crippen LogP contribution is -2.38. The van der Waals surface area contributed by atoms with Crippen molar-refractivity contribution in [2.45, 2.75) is 26.8 Å². The maximum absolute atomic E-state index is 5.64. The summed E-state index contributed by atoms with van der Waals surface area (Å²) in [6.45, 7) is 9.35. The van der Waals surface area contributed by atoms with Crippen molar-refractivity contribution in [1.82, 2.24) is 5.32 Å². The molecule has 1 aromatic carbocycles. The molecule has 1 fully saturated rings. The molecule has 1 aromatic rings. The molecule has 4 heteroatoms. The molecule has 0 radical (unpaired) electrons. The molecule has 4 nitrogen and oxygen atoms in total. The first kappa shape index (κ1) is 17.1. The van der Waals surface area contributed by atoms with Crippen LogP contribution in [0.2, 0.25) is 0 Å². The molecule has 1 N–H and O–H groups in total. The van der Waals surface area contributed by atoms with Crippen LogP contribution in [-0.4, -0.2) is 40.5 Å². The molecule has 22 heavy (non-hydrogen) atoms. The highest BCUT2D eigenvalue weighted by atomic mass is 16.5. The Labute approximate surface area is 134 Å². The fourth-order valence-electron chi connectivity index (χ4n) is 3.36. The molecular weight excluding hydrogens is 276 g/mol. The summed E-state index contributed by atoms with van der Waals surface area (Å²) in [7, 11) is 3.48. The van der Waals surface area contributed by atoms with Gasteiger partial charge >= 0.3 is 0 Å². The second-order valence-electron chi connectivity index (χ2n) is 6.53. The predicted molar refractivity (Wildman–Crippen MR) is 91.7 cm³/mol. The van der Waals surface area contributed by atoms with Crippen LogP contribution in [0.5, 0.6) is 5.75 Å². The van der Waals surface area contributed by atoms with E-state index in [1.54, 1.807) is 14.2 Å². The third-order valence-corrected chi connectivity index (χ3v) is 4.27. The fraction of sp³-hybridized carbons (Fsp3) is 0.667. The van der Waals surface area contributed by atoms with E-state index in [4.69, 9.17) is 9.47 Å². The topological polar surface area (TPSA) is 33.7 Å². The van der Waals surface area contributed by atoms with Gasteiger partial charge in [0.2, 0.25) is 0 Å². The van der Waals surface area contributed by atoms with Crippen LogP contribution in [0.1, 0.15) is 25.8 Å². The van der Waals surface area contributed by atoms with E-state index < -0.39 is 0 Å². The van der Waals surface area contributed by atoms with Crippen molar-refractivity contribution in [3.8, 4) is 5.75 Å². The molecule has 1 aliphatic heterocycles. The highest BCUT2D eigenvalue weighted by Crippen LogP contribution is 2.33. The average Bonchev–Trinajstić information content (AvgIpc) is 2.50. The molecule has 0 aromatic heterocycles. The number of hydrogen-bond donors (Lipinski definition) is 1. The maximum atomic E-state index is 5.64. The van der Waals surface area contributed by atoms with Gasteiger partial charge in [-0.05, 0) is 36.0 Å². The summed E-state index contributed by atoms with van der Waals surface area (Å²) in [6.07, 6.45) is 1.32. The second kappa shape index (κ2) is 8.39. The van der Waals surface area contributed by atoms with Crippen molar-refractivity contribution in [2.75, 3.05) is 45.4 Å². The number of hydrogen-bond acceptors (Lipinski definition) is 4. The summed E-state index contributed by atoms with van der Waals surface area (Å²) in [5.41, 5.74) is 2.47. The van der Waals surface area contributed by atoms with Crippen LogP contribution in [0.25, 0.3) is 0 Å². The monoisotopic (exact) mass is 306 g/mol. The Hall–Kier alpha value is -1.26. The highest BCUT2D eigenvalue weighted by Gasteiger charge is 2.23. The van der Waals surface area contributed by atoms with E-state index in [9.17, 15) is 0 Å². The van der Waals surface area contributed by atoms with E-state index in [2.05, 4.69) is 42.3 Å². The summed E-state index contributed by atoms with van der Waals surface area (Å²) in [4.78, 5) is 2.47. The molecule has 1 heterocycles. The van der Waals surface area contributed by atoms with E-state index in [-0.39, 0.29) is 0 Å². The molecule has 2 atom stereocenters. The first-order valence-electron chi connectivity index (χ1n) is 8.25. The summed E-state index contributed by atoms with van der Waals surface area (Å²) < 4.78 is 10.7. The Morgan fingerprint density at radius 2 is 1.91 bits per heavy atom. The molecule has 1 saturated heterocycles. The van der Waals surface area contributed by atoms with Crippen LogP contribution in [-0.2, 0) is 11.3 Å². The van der Waals surface area contributed by atoms with Crippen LogP contribution in [0.15, 0.2) is 18.2 Å². The summed E-state index contributed by atoms with van der Waals surface area (Å²) in [5.74, 6) is 2.46. The van der Waals surface area contributed by atoms with E-state index >= 15 is 0 Å². The van der Waals surface area contributed by atoms with Gasteiger partial charge in [-0.2, -0.15) is 0 Å². The number of nitrogens with one attached hydrogen (secondary N) is 1. The van der Waals surface area contributed by atoms with E-state index in [0.717, 1.165) is 50.4 Å². The molecule has 0 saturated carbocycles. The Balaban J connectivity index is 2.05. The van der Waals surface area contributed by atoms with Gasteiger partial charge < -0.3 is 19.7 Å². The zero-order chi connectivity index (χ0) is 15.9. The smallest absolute Gasteiger partial charge is 0.142 e. The lowest BCUT2D eigenvalue weighted by Gasteiger charge is -2.37. The summed E-state index contributed by atoms with van der Waals surface area (Å²) in [5, 5.41) is 3.37. The standard InChI is InChI=1S/C18H30N2O2/c1-14-9-15(2)13-20(12-14)17-6-5-16(10-18(17)22-4)11-19-7-8-21-3/h5-6,10,14-15,19H,7-9,11-13H2,1-4H3. The molecular formula is C18H30N2O2. The minimum absolute atomic E-state index is 0.735. The predicted octanol–water partition coefficient (Wildman–Crippen LogP) is 2.91.